The van der Waals surface area contributed by atoms with Crippen LogP contribution in [-0.2, 0) is 0 Å². The van der Waals surface area contributed by atoms with Crippen molar-refractivity contribution < 1.29 is 14.3 Å². The average molecular weight is 352 g/mol. The fraction of sp³-hybridized carbons (Fsp3) is 0.143. The number of methoxy groups -OCH3 is 2. The smallest absolute Gasteiger partial charge is 0.260 e. The Morgan fingerprint density at radius 1 is 1.33 bits per heavy atom. The lowest BCUT2D eigenvalue weighted by molar-refractivity contribution is 0.102. The van der Waals surface area contributed by atoms with Crippen molar-refractivity contribution in [2.24, 2.45) is 0 Å². The minimum Gasteiger partial charge on any atom is -0.493 e. The van der Waals surface area contributed by atoms with Crippen molar-refractivity contribution in [3.05, 3.63) is 40.5 Å². The molecule has 0 unspecified atom stereocenters. The molecule has 0 bridgehead atoms. The van der Waals surface area contributed by atoms with Crippen LogP contribution in [0.1, 0.15) is 10.4 Å². The lowest BCUT2D eigenvalue weighted by Gasteiger charge is -2.12. The highest BCUT2D eigenvalue weighted by Crippen LogP contribution is 2.31. The molecule has 1 heterocycles. The summed E-state index contributed by atoms with van der Waals surface area (Å²) in [6.45, 7) is 0. The average Bonchev–Trinajstić information content (AvgIpc) is 2.49. The molecule has 2 rings (SSSR count). The topological polar surface area (TPSA) is 86.5 Å². The van der Waals surface area contributed by atoms with E-state index in [1.807, 2.05) is 0 Å². The van der Waals surface area contributed by atoms with Gasteiger partial charge in [0.2, 0.25) is 0 Å². The number of ether oxygens (including phenoxy) is 2. The fourth-order valence-corrected chi connectivity index (χ4v) is 2.25. The number of benzene rings is 1. The maximum Gasteiger partial charge on any atom is 0.260 e. The zero-order valence-corrected chi connectivity index (χ0v) is 13.1. The maximum atomic E-state index is 12.4. The Balaban J connectivity index is 2.32. The third-order valence-electron chi connectivity index (χ3n) is 2.74. The summed E-state index contributed by atoms with van der Waals surface area (Å²) in [6.07, 6.45) is 1.46. The second kappa shape index (κ2) is 6.45. The van der Waals surface area contributed by atoms with E-state index >= 15 is 0 Å². The zero-order chi connectivity index (χ0) is 15.4. The van der Waals surface area contributed by atoms with Crippen LogP contribution in [-0.4, -0.2) is 25.1 Å². The van der Waals surface area contributed by atoms with E-state index in [0.717, 1.165) is 0 Å². The molecule has 21 heavy (non-hydrogen) atoms. The van der Waals surface area contributed by atoms with Gasteiger partial charge in [-0.3, -0.25) is 4.79 Å². The second-order valence-corrected chi connectivity index (χ2v) is 4.95. The molecular weight excluding hydrogens is 338 g/mol. The van der Waals surface area contributed by atoms with E-state index in [2.05, 4.69) is 26.2 Å². The number of rotatable bonds is 4. The number of hydrogen-bond donors (Lipinski definition) is 2. The number of hydrogen-bond acceptors (Lipinski definition) is 5. The van der Waals surface area contributed by atoms with Crippen LogP contribution in [0.4, 0.5) is 11.5 Å². The van der Waals surface area contributed by atoms with Crippen molar-refractivity contribution in [3.8, 4) is 11.5 Å². The van der Waals surface area contributed by atoms with Gasteiger partial charge in [-0.2, -0.15) is 0 Å². The van der Waals surface area contributed by atoms with Crippen molar-refractivity contribution in [1.82, 2.24) is 4.98 Å². The van der Waals surface area contributed by atoms with Crippen LogP contribution >= 0.6 is 15.9 Å². The Morgan fingerprint density at radius 2 is 2.10 bits per heavy atom. The number of nitrogens with two attached hydrogens (primary N) is 1. The van der Waals surface area contributed by atoms with Crippen LogP contribution in [0.15, 0.2) is 34.9 Å². The summed E-state index contributed by atoms with van der Waals surface area (Å²) in [5.74, 6) is 0.862. The molecule has 3 N–H and O–H groups in total. The number of carbonyl (C=O) groups excluding carboxylic acids is 1. The summed E-state index contributed by atoms with van der Waals surface area (Å²) in [4.78, 5) is 16.4. The number of nitrogens with zero attached hydrogens (tertiary/aromatic N) is 1. The molecule has 1 aromatic carbocycles. The number of nitrogen functional groups attached to an aromatic ring is 1. The predicted octanol–water partition coefficient (Wildman–Crippen LogP) is 2.70. The van der Waals surface area contributed by atoms with Crippen LogP contribution in [0.2, 0.25) is 0 Å². The van der Waals surface area contributed by atoms with Crippen LogP contribution in [0.5, 0.6) is 11.5 Å². The molecule has 0 aliphatic carbocycles. The largest absolute Gasteiger partial charge is 0.493 e. The molecule has 0 spiro atoms. The molecule has 0 atom stereocenters. The zero-order valence-electron chi connectivity index (χ0n) is 11.5. The molecule has 0 radical (unpaired) electrons. The quantitative estimate of drug-likeness (QED) is 0.884. The molecule has 7 heteroatoms. The summed E-state index contributed by atoms with van der Waals surface area (Å²) in [6, 6.07) is 6.72. The van der Waals surface area contributed by atoms with E-state index < -0.39 is 0 Å². The molecule has 0 aliphatic heterocycles. The second-order valence-electron chi connectivity index (χ2n) is 4.09. The number of anilines is 2. The Labute approximate surface area is 130 Å². The maximum absolute atomic E-state index is 12.4. The molecule has 1 aromatic heterocycles. The molecule has 0 saturated carbocycles. The van der Waals surface area contributed by atoms with Gasteiger partial charge in [0.25, 0.3) is 5.91 Å². The molecule has 0 aliphatic rings. The number of pyridine rings is 1. The Hall–Kier alpha value is -2.28. The molecule has 0 saturated heterocycles. The third-order valence-corrected chi connectivity index (χ3v) is 3.35. The van der Waals surface area contributed by atoms with Crippen LogP contribution in [0, 0.1) is 0 Å². The van der Waals surface area contributed by atoms with Crippen molar-refractivity contribution >= 4 is 33.3 Å². The lowest BCUT2D eigenvalue weighted by atomic mass is 10.1. The summed E-state index contributed by atoms with van der Waals surface area (Å²) in [5.41, 5.74) is 6.46. The van der Waals surface area contributed by atoms with E-state index in [1.165, 1.54) is 20.4 Å². The predicted molar refractivity (Wildman–Crippen MR) is 83.8 cm³/mol. The highest BCUT2D eigenvalue weighted by molar-refractivity contribution is 9.10. The van der Waals surface area contributed by atoms with Gasteiger partial charge in [0.1, 0.15) is 5.82 Å². The molecule has 1 amide bonds. The lowest BCUT2D eigenvalue weighted by Crippen LogP contribution is -2.15. The third kappa shape index (κ3) is 3.25. The van der Waals surface area contributed by atoms with Gasteiger partial charge in [0.05, 0.1) is 36.1 Å². The Kier molecular flexibility index (Phi) is 4.64. The number of amides is 1. The van der Waals surface area contributed by atoms with Gasteiger partial charge in [0, 0.05) is 0 Å². The van der Waals surface area contributed by atoms with Gasteiger partial charge in [-0.05, 0) is 34.1 Å². The summed E-state index contributed by atoms with van der Waals surface area (Å²) < 4.78 is 11.0. The number of aromatic nitrogens is 1. The van der Waals surface area contributed by atoms with E-state index in [9.17, 15) is 4.79 Å². The van der Waals surface area contributed by atoms with Gasteiger partial charge in [-0.15, -0.1) is 0 Å². The van der Waals surface area contributed by atoms with Gasteiger partial charge in [0.15, 0.2) is 11.5 Å². The van der Waals surface area contributed by atoms with Gasteiger partial charge in [-0.25, -0.2) is 4.98 Å². The van der Waals surface area contributed by atoms with E-state index in [1.54, 1.807) is 24.3 Å². The normalized spacial score (nSPS) is 10.0. The Bertz CT molecular complexity index is 677. The highest BCUT2D eigenvalue weighted by Gasteiger charge is 2.17. The van der Waals surface area contributed by atoms with Gasteiger partial charge < -0.3 is 20.5 Å². The SMILES string of the molecule is COc1cccc(C(=O)Nc2ncc(N)cc2Br)c1OC. The minimum atomic E-state index is -0.358. The summed E-state index contributed by atoms with van der Waals surface area (Å²) in [7, 11) is 2.99. The van der Waals surface area contributed by atoms with Crippen LogP contribution in [0.3, 0.4) is 0 Å². The highest BCUT2D eigenvalue weighted by atomic mass is 79.9. The van der Waals surface area contributed by atoms with E-state index in [0.29, 0.717) is 33.0 Å². The van der Waals surface area contributed by atoms with Gasteiger partial charge >= 0.3 is 0 Å². The fourth-order valence-electron chi connectivity index (χ4n) is 1.79. The first-order chi connectivity index (χ1) is 10.1. The van der Waals surface area contributed by atoms with Crippen molar-refractivity contribution in [2.75, 3.05) is 25.3 Å². The number of halogens is 1. The first kappa shape index (κ1) is 15.1. The molecule has 0 fully saturated rings. The summed E-state index contributed by atoms with van der Waals surface area (Å²) in [5, 5.41) is 2.69. The van der Waals surface area contributed by atoms with Gasteiger partial charge in [-0.1, -0.05) is 6.07 Å². The first-order valence-electron chi connectivity index (χ1n) is 6.00. The minimum absolute atomic E-state index is 0.349. The van der Waals surface area contributed by atoms with Crippen LogP contribution < -0.4 is 20.5 Å². The number of nitrogens with one attached hydrogen (secondary N) is 1. The molecule has 6 nitrogen and oxygen atoms in total. The van der Waals surface area contributed by atoms with E-state index in [-0.39, 0.29) is 5.91 Å². The molecule has 2 aromatic rings. The van der Waals surface area contributed by atoms with Crippen molar-refractivity contribution in [2.45, 2.75) is 0 Å². The standard InChI is InChI=1S/C14H14BrN3O3/c1-20-11-5-3-4-9(12(11)21-2)14(19)18-13-10(15)6-8(16)7-17-13/h3-7H,16H2,1-2H3,(H,17,18,19). The monoisotopic (exact) mass is 351 g/mol. The van der Waals surface area contributed by atoms with E-state index in [4.69, 9.17) is 15.2 Å². The van der Waals surface area contributed by atoms with Crippen LogP contribution in [0.25, 0.3) is 0 Å². The molecule has 110 valence electrons. The first-order valence-corrected chi connectivity index (χ1v) is 6.79. The van der Waals surface area contributed by atoms with Crippen molar-refractivity contribution in [3.63, 3.8) is 0 Å². The number of carbonyl (C=O) groups is 1. The summed E-state index contributed by atoms with van der Waals surface area (Å²) >= 11 is 3.30. The number of para-hydroxylation sites is 1. The Morgan fingerprint density at radius 3 is 2.71 bits per heavy atom. The molecular formula is C14H14BrN3O3. The van der Waals surface area contributed by atoms with Crippen molar-refractivity contribution in [1.29, 1.82) is 0 Å².